The van der Waals surface area contributed by atoms with E-state index in [0.717, 1.165) is 19.6 Å². The molecule has 0 saturated heterocycles. The van der Waals surface area contributed by atoms with Crippen LogP contribution in [0, 0.1) is 0 Å². The minimum atomic E-state index is -0.405. The molecule has 0 aromatic heterocycles. The van der Waals surface area contributed by atoms with Gasteiger partial charge >= 0.3 is 0 Å². The molecule has 0 aromatic carbocycles. The van der Waals surface area contributed by atoms with Gasteiger partial charge in [0.15, 0.2) is 0 Å². The van der Waals surface area contributed by atoms with Gasteiger partial charge in [0, 0.05) is 26.2 Å². The van der Waals surface area contributed by atoms with E-state index >= 15 is 0 Å². The molecule has 0 spiro atoms. The van der Waals surface area contributed by atoms with Crippen LogP contribution in [-0.4, -0.2) is 47.5 Å². The monoisotopic (exact) mass is 199 g/mol. The molecule has 3 heteroatoms. The molecular formula is C11H21NO2. The van der Waals surface area contributed by atoms with Gasteiger partial charge in [-0.25, -0.2) is 0 Å². The third kappa shape index (κ3) is 6.83. The normalized spacial score (nSPS) is 12.8. The Hall–Kier alpha value is -0.640. The standard InChI is InChI=1S/C11H21NO2/c1-3-7-12(8-4-2)9-5-11(14)6-10-13/h3-4,11,13-14H,1-2,5-10H2. The van der Waals surface area contributed by atoms with Gasteiger partial charge in [-0.15, -0.1) is 13.2 Å². The average molecular weight is 199 g/mol. The molecule has 0 aromatic rings. The van der Waals surface area contributed by atoms with E-state index in [9.17, 15) is 5.11 Å². The Kier molecular flexibility index (Phi) is 8.53. The maximum atomic E-state index is 9.40. The van der Waals surface area contributed by atoms with Gasteiger partial charge in [0.05, 0.1) is 6.10 Å². The molecule has 0 fully saturated rings. The van der Waals surface area contributed by atoms with E-state index < -0.39 is 6.10 Å². The van der Waals surface area contributed by atoms with Gasteiger partial charge in [0.25, 0.3) is 0 Å². The summed E-state index contributed by atoms with van der Waals surface area (Å²) in [5.74, 6) is 0. The van der Waals surface area contributed by atoms with Gasteiger partial charge in [-0.1, -0.05) is 12.2 Å². The fourth-order valence-electron chi connectivity index (χ4n) is 1.25. The lowest BCUT2D eigenvalue weighted by Gasteiger charge is -2.20. The first kappa shape index (κ1) is 13.4. The highest BCUT2D eigenvalue weighted by molar-refractivity contribution is 4.80. The second-order valence-corrected chi connectivity index (χ2v) is 3.29. The van der Waals surface area contributed by atoms with Crippen molar-refractivity contribution in [2.24, 2.45) is 0 Å². The number of aliphatic hydroxyl groups excluding tert-OH is 2. The van der Waals surface area contributed by atoms with Crippen LogP contribution in [0.5, 0.6) is 0 Å². The van der Waals surface area contributed by atoms with Crippen molar-refractivity contribution in [3.05, 3.63) is 25.3 Å². The maximum absolute atomic E-state index is 9.40. The summed E-state index contributed by atoms with van der Waals surface area (Å²) in [6.07, 6.45) is 4.40. The minimum Gasteiger partial charge on any atom is -0.396 e. The molecule has 0 aliphatic rings. The summed E-state index contributed by atoms with van der Waals surface area (Å²) in [6.45, 7) is 9.79. The topological polar surface area (TPSA) is 43.7 Å². The van der Waals surface area contributed by atoms with Gasteiger partial charge < -0.3 is 10.2 Å². The van der Waals surface area contributed by atoms with Crippen molar-refractivity contribution in [2.45, 2.75) is 18.9 Å². The first-order valence-electron chi connectivity index (χ1n) is 4.97. The van der Waals surface area contributed by atoms with Crippen molar-refractivity contribution < 1.29 is 10.2 Å². The van der Waals surface area contributed by atoms with Gasteiger partial charge in [0.2, 0.25) is 0 Å². The van der Waals surface area contributed by atoms with Crippen molar-refractivity contribution in [3.63, 3.8) is 0 Å². The molecule has 14 heavy (non-hydrogen) atoms. The predicted molar refractivity (Wildman–Crippen MR) is 59.2 cm³/mol. The Labute approximate surface area is 86.4 Å². The molecule has 0 bridgehead atoms. The molecule has 0 radical (unpaired) electrons. The van der Waals surface area contributed by atoms with Crippen LogP contribution >= 0.6 is 0 Å². The molecule has 1 unspecified atom stereocenters. The highest BCUT2D eigenvalue weighted by Gasteiger charge is 2.06. The molecule has 0 saturated carbocycles. The van der Waals surface area contributed by atoms with Crippen molar-refractivity contribution in [2.75, 3.05) is 26.2 Å². The summed E-state index contributed by atoms with van der Waals surface area (Å²) in [5, 5.41) is 18.0. The number of hydrogen-bond acceptors (Lipinski definition) is 3. The van der Waals surface area contributed by atoms with E-state index in [4.69, 9.17) is 5.11 Å². The Morgan fingerprint density at radius 2 is 1.71 bits per heavy atom. The van der Waals surface area contributed by atoms with Crippen LogP contribution in [-0.2, 0) is 0 Å². The van der Waals surface area contributed by atoms with Gasteiger partial charge in [-0.05, 0) is 12.8 Å². The second-order valence-electron chi connectivity index (χ2n) is 3.29. The zero-order chi connectivity index (χ0) is 10.8. The first-order valence-corrected chi connectivity index (χ1v) is 4.97. The van der Waals surface area contributed by atoms with E-state index in [1.807, 2.05) is 12.2 Å². The van der Waals surface area contributed by atoms with Gasteiger partial charge in [0.1, 0.15) is 0 Å². The maximum Gasteiger partial charge on any atom is 0.0574 e. The Balaban J connectivity index is 3.67. The molecule has 0 heterocycles. The number of rotatable bonds is 9. The molecule has 2 N–H and O–H groups in total. The lowest BCUT2D eigenvalue weighted by molar-refractivity contribution is 0.113. The summed E-state index contributed by atoms with van der Waals surface area (Å²) in [7, 11) is 0. The second kappa shape index (κ2) is 8.94. The Morgan fingerprint density at radius 3 is 2.14 bits per heavy atom. The van der Waals surface area contributed by atoms with Crippen LogP contribution in [0.2, 0.25) is 0 Å². The largest absolute Gasteiger partial charge is 0.396 e. The van der Waals surface area contributed by atoms with E-state index in [0.29, 0.717) is 12.8 Å². The lowest BCUT2D eigenvalue weighted by atomic mass is 10.2. The smallest absolute Gasteiger partial charge is 0.0574 e. The quantitative estimate of drug-likeness (QED) is 0.540. The zero-order valence-electron chi connectivity index (χ0n) is 8.73. The van der Waals surface area contributed by atoms with Crippen molar-refractivity contribution in [1.82, 2.24) is 4.90 Å². The molecule has 0 aliphatic carbocycles. The highest BCUT2D eigenvalue weighted by Crippen LogP contribution is 2.00. The molecule has 0 amide bonds. The summed E-state index contributed by atoms with van der Waals surface area (Å²) >= 11 is 0. The van der Waals surface area contributed by atoms with Crippen molar-refractivity contribution in [3.8, 4) is 0 Å². The van der Waals surface area contributed by atoms with Crippen molar-refractivity contribution in [1.29, 1.82) is 0 Å². The fourth-order valence-corrected chi connectivity index (χ4v) is 1.25. The number of nitrogens with zero attached hydrogens (tertiary/aromatic N) is 1. The van der Waals surface area contributed by atoms with Crippen LogP contribution in [0.4, 0.5) is 0 Å². The van der Waals surface area contributed by atoms with Crippen molar-refractivity contribution >= 4 is 0 Å². The third-order valence-electron chi connectivity index (χ3n) is 2.02. The lowest BCUT2D eigenvalue weighted by Crippen LogP contribution is -2.28. The Morgan fingerprint density at radius 1 is 1.14 bits per heavy atom. The van der Waals surface area contributed by atoms with Gasteiger partial charge in [-0.2, -0.15) is 0 Å². The number of hydrogen-bond donors (Lipinski definition) is 2. The van der Waals surface area contributed by atoms with Crippen LogP contribution in [0.15, 0.2) is 25.3 Å². The van der Waals surface area contributed by atoms with Crippen LogP contribution in [0.25, 0.3) is 0 Å². The SMILES string of the molecule is C=CCN(CC=C)CCC(O)CCO. The molecule has 0 rings (SSSR count). The van der Waals surface area contributed by atoms with E-state index in [1.165, 1.54) is 0 Å². The molecular weight excluding hydrogens is 178 g/mol. The van der Waals surface area contributed by atoms with Crippen LogP contribution in [0.3, 0.4) is 0 Å². The zero-order valence-corrected chi connectivity index (χ0v) is 8.73. The van der Waals surface area contributed by atoms with E-state index in [-0.39, 0.29) is 6.61 Å². The summed E-state index contributed by atoms with van der Waals surface area (Å²) in [6, 6.07) is 0. The third-order valence-corrected chi connectivity index (χ3v) is 2.02. The predicted octanol–water partition coefficient (Wildman–Crippen LogP) is 0.794. The van der Waals surface area contributed by atoms with Crippen LogP contribution in [0.1, 0.15) is 12.8 Å². The number of aliphatic hydroxyl groups is 2. The summed E-state index contributed by atoms with van der Waals surface area (Å²) < 4.78 is 0. The average Bonchev–Trinajstić information content (AvgIpc) is 2.15. The van der Waals surface area contributed by atoms with Gasteiger partial charge in [-0.3, -0.25) is 4.90 Å². The van der Waals surface area contributed by atoms with Crippen LogP contribution < -0.4 is 0 Å². The Bertz CT molecular complexity index is 149. The minimum absolute atomic E-state index is 0.0457. The molecule has 0 aliphatic heterocycles. The molecule has 3 nitrogen and oxygen atoms in total. The molecule has 1 atom stereocenters. The first-order chi connectivity index (χ1) is 6.74. The highest BCUT2D eigenvalue weighted by atomic mass is 16.3. The summed E-state index contributed by atoms with van der Waals surface area (Å²) in [4.78, 5) is 2.14. The summed E-state index contributed by atoms with van der Waals surface area (Å²) in [5.41, 5.74) is 0. The van der Waals surface area contributed by atoms with E-state index in [2.05, 4.69) is 18.1 Å². The fraction of sp³-hybridized carbons (Fsp3) is 0.636. The van der Waals surface area contributed by atoms with E-state index in [1.54, 1.807) is 0 Å². The molecule has 82 valence electrons.